The maximum absolute atomic E-state index is 13.9. The van der Waals surface area contributed by atoms with E-state index in [0.717, 1.165) is 16.9 Å². The molecule has 0 spiro atoms. The Morgan fingerprint density at radius 2 is 1.80 bits per heavy atom. The molecule has 242 valence electrons. The van der Waals surface area contributed by atoms with Gasteiger partial charge in [0.15, 0.2) is 11.6 Å². The Bertz CT molecular complexity index is 1590. The topological polar surface area (TPSA) is 153 Å². The second-order valence-corrected chi connectivity index (χ2v) is 12.6. The minimum Gasteiger partial charge on any atom is -0.344 e. The molecule has 4 aromatic rings. The van der Waals surface area contributed by atoms with Crippen molar-refractivity contribution in [2.75, 3.05) is 25.1 Å². The van der Waals surface area contributed by atoms with Gasteiger partial charge in [0.2, 0.25) is 11.8 Å². The van der Waals surface area contributed by atoms with Crippen LogP contribution in [0.3, 0.4) is 0 Å². The summed E-state index contributed by atoms with van der Waals surface area (Å²) in [5.74, 6) is 1.25. The van der Waals surface area contributed by atoms with E-state index in [0.29, 0.717) is 56.2 Å². The fraction of sp³-hybridized carbons (Fsp3) is 0.438. The molecule has 2 N–H and O–H groups in total. The maximum Gasteiger partial charge on any atom is 0.253 e. The number of benzene rings is 2. The predicted molar refractivity (Wildman–Crippen MR) is 175 cm³/mol. The molecule has 0 saturated heterocycles. The van der Waals surface area contributed by atoms with Crippen molar-refractivity contribution in [1.29, 1.82) is 0 Å². The second-order valence-electron chi connectivity index (χ2n) is 11.6. The van der Waals surface area contributed by atoms with Gasteiger partial charge in [0.25, 0.3) is 5.91 Å². The van der Waals surface area contributed by atoms with Crippen LogP contribution in [0.5, 0.6) is 0 Å². The van der Waals surface area contributed by atoms with Gasteiger partial charge in [0.1, 0.15) is 12.4 Å². The first-order chi connectivity index (χ1) is 22.3. The van der Waals surface area contributed by atoms with E-state index in [1.165, 1.54) is 6.33 Å². The molecule has 0 saturated carbocycles. The zero-order chi connectivity index (χ0) is 32.5. The lowest BCUT2D eigenvalue weighted by atomic mass is 10.0. The van der Waals surface area contributed by atoms with Gasteiger partial charge in [0.05, 0.1) is 19.1 Å². The fourth-order valence-corrected chi connectivity index (χ4v) is 5.82. The molecule has 5 rings (SSSR count). The highest BCUT2D eigenvalue weighted by molar-refractivity contribution is 7.98. The highest BCUT2D eigenvalue weighted by Gasteiger charge is 2.30. The van der Waals surface area contributed by atoms with Crippen molar-refractivity contribution in [3.05, 3.63) is 77.9 Å². The molecule has 2 aromatic carbocycles. The van der Waals surface area contributed by atoms with E-state index in [4.69, 9.17) is 10.1 Å². The summed E-state index contributed by atoms with van der Waals surface area (Å²) >= 11 is 1.62. The van der Waals surface area contributed by atoms with Crippen LogP contribution in [0.25, 0.3) is 11.4 Å². The lowest BCUT2D eigenvalue weighted by Crippen LogP contribution is -2.49. The molecule has 0 bridgehead atoms. The number of thioether (sulfide) groups is 1. The third kappa shape index (κ3) is 8.36. The van der Waals surface area contributed by atoms with E-state index in [1.807, 2.05) is 67.2 Å². The van der Waals surface area contributed by atoms with Gasteiger partial charge in [-0.25, -0.2) is 14.3 Å². The van der Waals surface area contributed by atoms with Gasteiger partial charge in [-0.15, -0.1) is 5.10 Å². The van der Waals surface area contributed by atoms with E-state index in [2.05, 4.69) is 26.2 Å². The predicted octanol–water partition coefficient (Wildman–Crippen LogP) is 2.97. The van der Waals surface area contributed by atoms with Gasteiger partial charge in [-0.05, 0) is 58.9 Å². The molecule has 14 heteroatoms. The molecule has 1 aliphatic rings. The van der Waals surface area contributed by atoms with Gasteiger partial charge < -0.3 is 15.5 Å². The molecule has 0 radical (unpaired) electrons. The summed E-state index contributed by atoms with van der Waals surface area (Å²) in [6.45, 7) is 5.59. The number of carbonyl (C=O) groups is 3. The summed E-state index contributed by atoms with van der Waals surface area (Å²) in [5.41, 5.74) is 2.35. The second kappa shape index (κ2) is 15.6. The SMILES string of the molecule is CSCC[C@@H]1NC(=O)CCCN(C(=O)c2ccc(Cn3cnnn3)cc2)CCn2nc(-c3ccccc3)nc2[C@@H](C(C)C)NC1=O. The van der Waals surface area contributed by atoms with Crippen LogP contribution < -0.4 is 10.6 Å². The highest BCUT2D eigenvalue weighted by atomic mass is 32.2. The van der Waals surface area contributed by atoms with Crippen LogP contribution in [0.15, 0.2) is 60.9 Å². The Morgan fingerprint density at radius 1 is 1.02 bits per heavy atom. The van der Waals surface area contributed by atoms with Crippen LogP contribution >= 0.6 is 11.8 Å². The molecular formula is C32H40N10O3S. The number of aromatic nitrogens is 7. The van der Waals surface area contributed by atoms with Crippen molar-refractivity contribution in [1.82, 2.24) is 50.5 Å². The summed E-state index contributed by atoms with van der Waals surface area (Å²) in [5, 5.41) is 22.2. The number of amides is 3. The number of nitrogens with one attached hydrogen (secondary N) is 2. The molecule has 1 aliphatic heterocycles. The van der Waals surface area contributed by atoms with Crippen molar-refractivity contribution < 1.29 is 14.4 Å². The number of carbonyl (C=O) groups excluding carboxylic acids is 3. The molecule has 0 aliphatic carbocycles. The van der Waals surface area contributed by atoms with Crippen LogP contribution in [0.4, 0.5) is 0 Å². The van der Waals surface area contributed by atoms with E-state index >= 15 is 0 Å². The Labute approximate surface area is 272 Å². The lowest BCUT2D eigenvalue weighted by molar-refractivity contribution is -0.129. The van der Waals surface area contributed by atoms with Crippen LogP contribution in [0.2, 0.25) is 0 Å². The minimum absolute atomic E-state index is 0.0233. The number of hydrogen-bond acceptors (Lipinski definition) is 9. The molecule has 2 atom stereocenters. The van der Waals surface area contributed by atoms with Crippen LogP contribution in [0.1, 0.15) is 60.9 Å². The normalized spacial score (nSPS) is 18.0. The zero-order valence-electron chi connectivity index (χ0n) is 26.4. The van der Waals surface area contributed by atoms with E-state index in [9.17, 15) is 14.4 Å². The van der Waals surface area contributed by atoms with E-state index < -0.39 is 12.1 Å². The molecule has 3 amide bonds. The largest absolute Gasteiger partial charge is 0.344 e. The number of tetrazole rings is 1. The average Bonchev–Trinajstić information content (AvgIpc) is 3.73. The minimum atomic E-state index is -0.682. The molecule has 46 heavy (non-hydrogen) atoms. The number of nitrogens with zero attached hydrogens (tertiary/aromatic N) is 8. The Balaban J connectivity index is 1.45. The van der Waals surface area contributed by atoms with Crippen molar-refractivity contribution in [3.8, 4) is 11.4 Å². The quantitative estimate of drug-likeness (QED) is 0.295. The van der Waals surface area contributed by atoms with Crippen molar-refractivity contribution in [2.24, 2.45) is 5.92 Å². The monoisotopic (exact) mass is 644 g/mol. The van der Waals surface area contributed by atoms with Gasteiger partial charge in [0, 0.05) is 30.6 Å². The maximum atomic E-state index is 13.9. The Hall–Kier alpha value is -4.59. The first kappa shape index (κ1) is 32.8. The van der Waals surface area contributed by atoms with Gasteiger partial charge >= 0.3 is 0 Å². The third-order valence-corrected chi connectivity index (χ3v) is 8.52. The third-order valence-electron chi connectivity index (χ3n) is 7.87. The summed E-state index contributed by atoms with van der Waals surface area (Å²) in [6.07, 6.45) is 4.65. The highest BCUT2D eigenvalue weighted by Crippen LogP contribution is 2.25. The molecule has 0 unspecified atom stereocenters. The summed E-state index contributed by atoms with van der Waals surface area (Å²) in [7, 11) is 0. The van der Waals surface area contributed by atoms with Crippen LogP contribution in [0, 0.1) is 5.92 Å². The van der Waals surface area contributed by atoms with Crippen LogP contribution in [-0.2, 0) is 22.7 Å². The summed E-state index contributed by atoms with van der Waals surface area (Å²) < 4.78 is 3.42. The first-order valence-electron chi connectivity index (χ1n) is 15.5. The van der Waals surface area contributed by atoms with Gasteiger partial charge in [-0.1, -0.05) is 56.3 Å². The van der Waals surface area contributed by atoms with Gasteiger partial charge in [-0.2, -0.15) is 16.9 Å². The zero-order valence-corrected chi connectivity index (χ0v) is 27.2. The van der Waals surface area contributed by atoms with E-state index in [-0.39, 0.29) is 30.1 Å². The van der Waals surface area contributed by atoms with Crippen molar-refractivity contribution in [3.63, 3.8) is 0 Å². The lowest BCUT2D eigenvalue weighted by Gasteiger charge is -2.28. The molecule has 2 aromatic heterocycles. The summed E-state index contributed by atoms with van der Waals surface area (Å²) in [6, 6.07) is 15.9. The molecule has 0 fully saturated rings. The summed E-state index contributed by atoms with van der Waals surface area (Å²) in [4.78, 5) is 47.2. The Morgan fingerprint density at radius 3 is 2.50 bits per heavy atom. The number of rotatable bonds is 8. The van der Waals surface area contributed by atoms with Crippen molar-refractivity contribution in [2.45, 2.75) is 58.3 Å². The fourth-order valence-electron chi connectivity index (χ4n) is 5.35. The standard InChI is InChI=1S/C32H40N10O3S/c1-22(2)28-30-36-29(24-8-5-4-6-9-24)37-42(30)18-17-40(16-7-10-27(43)34-26(15-19-46-3)31(44)35-28)32(45)25-13-11-23(12-14-25)20-41-21-33-38-39-41/h4-6,8-9,11-14,21-22,26,28H,7,10,15-20H2,1-3H3,(H,34,43)(H,35,44)/t26-,28+/m0/s1. The molecular weight excluding hydrogens is 604 g/mol. The van der Waals surface area contributed by atoms with E-state index in [1.54, 1.807) is 33.5 Å². The number of fused-ring (bicyclic) bond motifs is 1. The smallest absolute Gasteiger partial charge is 0.253 e. The molecule has 13 nitrogen and oxygen atoms in total. The Kier molecular flexibility index (Phi) is 11.1. The van der Waals surface area contributed by atoms with Gasteiger partial charge in [-0.3, -0.25) is 14.4 Å². The number of hydrogen-bond donors (Lipinski definition) is 2. The first-order valence-corrected chi connectivity index (χ1v) is 16.9. The van der Waals surface area contributed by atoms with Crippen molar-refractivity contribution >= 4 is 29.5 Å². The average molecular weight is 645 g/mol. The molecule has 3 heterocycles. The van der Waals surface area contributed by atoms with Crippen LogP contribution in [-0.4, -0.2) is 88.7 Å².